The molecule has 12 heteroatoms. The number of rotatable bonds is 10. The van der Waals surface area contributed by atoms with Gasteiger partial charge >= 0.3 is 0 Å². The van der Waals surface area contributed by atoms with Gasteiger partial charge in [-0.05, 0) is 49.8 Å². The molecule has 240 valence electrons. The Morgan fingerprint density at radius 2 is 1.84 bits per heavy atom. The number of pyridine rings is 1. The van der Waals surface area contributed by atoms with Crippen LogP contribution in [0.25, 0.3) is 0 Å². The van der Waals surface area contributed by atoms with Gasteiger partial charge in [-0.15, -0.1) is 0 Å². The standard InChI is InChI=1S/C32H48N6O5Si/c1-37-25(12-15-34-37)29(39)36-27(23-10-8-6-5-7-9-11-23)30(40)35-24-20-26-28(33-21-24)32(13-16-42-17-14-32)31(41)38(26)22-43-18-19-44(2,3)4/h12,15,20-21,23,27H,5-11,13-14,16-19,22H2,1-4H3,(H,35,40)(H,36,39). The Hall–Kier alpha value is -3.09. The zero-order chi connectivity index (χ0) is 31.3. The Bertz CT molecular complexity index is 1330. The Balaban J connectivity index is 1.38. The molecule has 1 spiro atoms. The summed E-state index contributed by atoms with van der Waals surface area (Å²) in [6.45, 7) is 8.62. The third-order valence-corrected chi connectivity index (χ3v) is 11.0. The minimum absolute atomic E-state index is 0.0122. The van der Waals surface area contributed by atoms with Crippen molar-refractivity contribution in [1.82, 2.24) is 20.1 Å². The maximum absolute atomic E-state index is 14.0. The minimum atomic E-state index is -1.29. The lowest BCUT2D eigenvalue weighted by molar-refractivity contribution is -0.127. The summed E-state index contributed by atoms with van der Waals surface area (Å²) in [7, 11) is 0.419. The normalized spacial score (nSPS) is 19.7. The quantitative estimate of drug-likeness (QED) is 0.292. The summed E-state index contributed by atoms with van der Waals surface area (Å²) < 4.78 is 13.2. The zero-order valence-corrected chi connectivity index (χ0v) is 27.7. The van der Waals surface area contributed by atoms with Crippen LogP contribution in [0.4, 0.5) is 11.4 Å². The van der Waals surface area contributed by atoms with E-state index in [0.29, 0.717) is 49.7 Å². The van der Waals surface area contributed by atoms with Crippen LogP contribution < -0.4 is 15.5 Å². The van der Waals surface area contributed by atoms with Gasteiger partial charge in [-0.1, -0.05) is 51.7 Å². The van der Waals surface area contributed by atoms with E-state index >= 15 is 0 Å². The second-order valence-electron chi connectivity index (χ2n) is 13.8. The van der Waals surface area contributed by atoms with Gasteiger partial charge < -0.3 is 20.1 Å². The molecule has 1 unspecified atom stereocenters. The first kappa shape index (κ1) is 32.3. The summed E-state index contributed by atoms with van der Waals surface area (Å²) in [5.41, 5.74) is 1.54. The topological polar surface area (TPSA) is 128 Å². The smallest absolute Gasteiger partial charge is 0.270 e. The van der Waals surface area contributed by atoms with Crippen molar-refractivity contribution < 1.29 is 23.9 Å². The molecule has 3 amide bonds. The van der Waals surface area contributed by atoms with E-state index in [1.54, 1.807) is 30.4 Å². The Morgan fingerprint density at radius 1 is 1.14 bits per heavy atom. The highest BCUT2D eigenvalue weighted by molar-refractivity contribution is 6.76. The molecule has 1 aliphatic carbocycles. The molecule has 4 heterocycles. The number of aryl methyl sites for hydroxylation is 1. The first-order valence-electron chi connectivity index (χ1n) is 16.2. The van der Waals surface area contributed by atoms with Crippen LogP contribution in [0.2, 0.25) is 25.7 Å². The maximum Gasteiger partial charge on any atom is 0.270 e. The molecule has 2 aromatic heterocycles. The number of ether oxygens (including phenoxy) is 2. The zero-order valence-electron chi connectivity index (χ0n) is 26.7. The van der Waals surface area contributed by atoms with E-state index in [0.717, 1.165) is 50.3 Å². The lowest BCUT2D eigenvalue weighted by Crippen LogP contribution is -2.49. The fraction of sp³-hybridized carbons (Fsp3) is 0.656. The van der Waals surface area contributed by atoms with Crippen molar-refractivity contribution in [2.45, 2.75) is 94.9 Å². The van der Waals surface area contributed by atoms with Gasteiger partial charge in [0.2, 0.25) is 11.8 Å². The Morgan fingerprint density at radius 3 is 2.50 bits per heavy atom. The Kier molecular flexibility index (Phi) is 10.2. The van der Waals surface area contributed by atoms with Crippen molar-refractivity contribution in [1.29, 1.82) is 0 Å². The van der Waals surface area contributed by atoms with Gasteiger partial charge in [-0.3, -0.25) is 28.9 Å². The molecule has 1 atom stereocenters. The van der Waals surface area contributed by atoms with Crippen LogP contribution in [0, 0.1) is 5.92 Å². The van der Waals surface area contributed by atoms with E-state index < -0.39 is 19.5 Å². The molecule has 0 radical (unpaired) electrons. The summed E-state index contributed by atoms with van der Waals surface area (Å²) in [5.74, 6) is -0.613. The van der Waals surface area contributed by atoms with Crippen molar-refractivity contribution in [2.75, 3.05) is 36.8 Å². The van der Waals surface area contributed by atoms with Crippen LogP contribution in [-0.2, 0) is 31.5 Å². The van der Waals surface area contributed by atoms with Crippen LogP contribution in [-0.4, -0.2) is 73.2 Å². The van der Waals surface area contributed by atoms with Crippen molar-refractivity contribution in [3.8, 4) is 0 Å². The predicted octanol–water partition coefficient (Wildman–Crippen LogP) is 4.62. The molecule has 2 N–H and O–H groups in total. The molecule has 0 aromatic carbocycles. The second kappa shape index (κ2) is 13.9. The van der Waals surface area contributed by atoms with E-state index in [-0.39, 0.29) is 30.4 Å². The van der Waals surface area contributed by atoms with E-state index in [2.05, 4.69) is 35.4 Å². The van der Waals surface area contributed by atoms with Gasteiger partial charge in [-0.25, -0.2) is 0 Å². The number of aromatic nitrogens is 3. The third kappa shape index (κ3) is 7.23. The molecule has 1 saturated carbocycles. The average molecular weight is 625 g/mol. The molecular formula is C32H48N6O5Si. The summed E-state index contributed by atoms with van der Waals surface area (Å²) in [4.78, 5) is 47.6. The van der Waals surface area contributed by atoms with Crippen molar-refractivity contribution in [3.05, 3.63) is 35.9 Å². The van der Waals surface area contributed by atoms with Crippen molar-refractivity contribution in [3.63, 3.8) is 0 Å². The average Bonchev–Trinajstić information content (AvgIpc) is 3.49. The number of hydrogen-bond acceptors (Lipinski definition) is 7. The first-order chi connectivity index (χ1) is 21.1. The van der Waals surface area contributed by atoms with Crippen LogP contribution in [0.15, 0.2) is 24.5 Å². The molecule has 1 saturated heterocycles. The number of hydrogen-bond donors (Lipinski definition) is 2. The number of anilines is 2. The van der Waals surface area contributed by atoms with Crippen LogP contribution in [0.5, 0.6) is 0 Å². The first-order valence-corrected chi connectivity index (χ1v) is 19.9. The van der Waals surface area contributed by atoms with Gasteiger partial charge in [0.25, 0.3) is 5.91 Å². The highest BCUT2D eigenvalue weighted by Gasteiger charge is 2.53. The van der Waals surface area contributed by atoms with Crippen LogP contribution in [0.3, 0.4) is 0 Å². The largest absolute Gasteiger partial charge is 0.381 e. The summed E-state index contributed by atoms with van der Waals surface area (Å²) in [5, 5.41) is 10.2. The van der Waals surface area contributed by atoms with E-state index in [4.69, 9.17) is 14.5 Å². The SMILES string of the molecule is Cn1nccc1C(=O)NC(C(=O)Nc1cnc2c(c1)N(COCC[Si](C)(C)C)C(=O)C21CCOCC1)C1CCCCCCC1. The third-order valence-electron chi connectivity index (χ3n) is 9.34. The van der Waals surface area contributed by atoms with Crippen molar-refractivity contribution in [2.24, 2.45) is 13.0 Å². The highest BCUT2D eigenvalue weighted by Crippen LogP contribution is 2.47. The van der Waals surface area contributed by atoms with Crippen molar-refractivity contribution >= 4 is 37.2 Å². The van der Waals surface area contributed by atoms with Gasteiger partial charge in [-0.2, -0.15) is 5.10 Å². The summed E-state index contributed by atoms with van der Waals surface area (Å²) in [6.07, 6.45) is 11.6. The fourth-order valence-corrected chi connectivity index (χ4v) is 7.40. The van der Waals surface area contributed by atoms with E-state index in [1.807, 2.05) is 6.07 Å². The van der Waals surface area contributed by atoms with E-state index in [1.165, 1.54) is 11.1 Å². The molecule has 2 aliphatic heterocycles. The number of carbonyl (C=O) groups is 3. The minimum Gasteiger partial charge on any atom is -0.381 e. The number of amides is 3. The molecule has 0 bridgehead atoms. The summed E-state index contributed by atoms with van der Waals surface area (Å²) >= 11 is 0. The van der Waals surface area contributed by atoms with Crippen LogP contribution in [0.1, 0.15) is 74.0 Å². The molecular weight excluding hydrogens is 576 g/mol. The lowest BCUT2D eigenvalue weighted by Gasteiger charge is -2.31. The number of nitrogens with zero attached hydrogens (tertiary/aromatic N) is 4. The maximum atomic E-state index is 14.0. The monoisotopic (exact) mass is 624 g/mol. The van der Waals surface area contributed by atoms with Gasteiger partial charge in [0.1, 0.15) is 18.5 Å². The molecule has 2 aromatic rings. The molecule has 11 nitrogen and oxygen atoms in total. The predicted molar refractivity (Wildman–Crippen MR) is 171 cm³/mol. The van der Waals surface area contributed by atoms with Gasteiger partial charge in [0, 0.05) is 41.1 Å². The molecule has 44 heavy (non-hydrogen) atoms. The van der Waals surface area contributed by atoms with E-state index in [9.17, 15) is 14.4 Å². The number of nitrogens with one attached hydrogen (secondary N) is 2. The van der Waals surface area contributed by atoms with Crippen LogP contribution >= 0.6 is 0 Å². The Labute approximate surface area is 261 Å². The van der Waals surface area contributed by atoms with Gasteiger partial charge in [0.05, 0.1) is 28.7 Å². The van der Waals surface area contributed by atoms with Gasteiger partial charge in [0.15, 0.2) is 0 Å². The lowest BCUT2D eigenvalue weighted by atomic mass is 9.78. The molecule has 3 aliphatic rings. The highest BCUT2D eigenvalue weighted by atomic mass is 28.3. The fourth-order valence-electron chi connectivity index (χ4n) is 6.65. The summed E-state index contributed by atoms with van der Waals surface area (Å²) in [6, 6.07) is 3.77. The molecule has 2 fully saturated rings. The number of carbonyl (C=O) groups excluding carboxylic acids is 3. The number of fused-ring (bicyclic) bond motifs is 2. The molecule has 5 rings (SSSR count). The second-order valence-corrected chi connectivity index (χ2v) is 19.4.